The Morgan fingerprint density at radius 3 is 2.60 bits per heavy atom. The maximum atomic E-state index is 12.5. The van der Waals surface area contributed by atoms with E-state index < -0.39 is 5.97 Å². The molecule has 6 heteroatoms. The van der Waals surface area contributed by atoms with E-state index in [1.807, 2.05) is 23.1 Å². The van der Waals surface area contributed by atoms with Gasteiger partial charge in [-0.3, -0.25) is 14.5 Å². The van der Waals surface area contributed by atoms with Crippen LogP contribution < -0.4 is 0 Å². The average molecular weight is 341 g/mol. The number of hydrogen-bond acceptors (Lipinski definition) is 3. The molecular weight excluding hydrogens is 324 g/mol. The SMILES string of the molecule is O=C(O)CN1CCCN(C(=O)c2ccccc2Br)CC1. The Kier molecular flexibility index (Phi) is 5.14. The molecule has 1 fully saturated rings. The molecule has 1 N–H and O–H groups in total. The van der Waals surface area contributed by atoms with E-state index in [0.717, 1.165) is 10.9 Å². The van der Waals surface area contributed by atoms with E-state index in [4.69, 9.17) is 5.11 Å². The minimum Gasteiger partial charge on any atom is -0.480 e. The second kappa shape index (κ2) is 6.85. The Morgan fingerprint density at radius 1 is 1.15 bits per heavy atom. The van der Waals surface area contributed by atoms with Gasteiger partial charge in [0.15, 0.2) is 0 Å². The van der Waals surface area contributed by atoms with Crippen LogP contribution in [-0.4, -0.2) is 59.5 Å². The van der Waals surface area contributed by atoms with Crippen LogP contribution in [0.3, 0.4) is 0 Å². The van der Waals surface area contributed by atoms with Crippen LogP contribution in [0.2, 0.25) is 0 Å². The average Bonchev–Trinajstić information content (AvgIpc) is 2.63. The Morgan fingerprint density at radius 2 is 1.90 bits per heavy atom. The molecule has 0 bridgehead atoms. The number of halogens is 1. The van der Waals surface area contributed by atoms with Gasteiger partial charge >= 0.3 is 5.97 Å². The lowest BCUT2D eigenvalue weighted by Crippen LogP contribution is -2.36. The number of rotatable bonds is 3. The largest absolute Gasteiger partial charge is 0.480 e. The Balaban J connectivity index is 2.02. The fourth-order valence-corrected chi connectivity index (χ4v) is 2.78. The lowest BCUT2D eigenvalue weighted by Gasteiger charge is -2.21. The molecule has 0 unspecified atom stereocenters. The van der Waals surface area contributed by atoms with E-state index in [9.17, 15) is 9.59 Å². The molecule has 2 rings (SSSR count). The molecule has 0 radical (unpaired) electrons. The normalized spacial score (nSPS) is 16.8. The van der Waals surface area contributed by atoms with Crippen molar-refractivity contribution in [2.75, 3.05) is 32.7 Å². The molecule has 20 heavy (non-hydrogen) atoms. The molecule has 1 aromatic carbocycles. The molecule has 0 saturated carbocycles. The lowest BCUT2D eigenvalue weighted by atomic mass is 10.2. The first-order valence-corrected chi connectivity index (χ1v) is 7.35. The van der Waals surface area contributed by atoms with Gasteiger partial charge in [-0.05, 0) is 34.5 Å². The highest BCUT2D eigenvalue weighted by molar-refractivity contribution is 9.10. The van der Waals surface area contributed by atoms with Crippen LogP contribution in [-0.2, 0) is 4.79 Å². The maximum Gasteiger partial charge on any atom is 0.317 e. The van der Waals surface area contributed by atoms with Crippen molar-refractivity contribution in [1.29, 1.82) is 0 Å². The molecule has 5 nitrogen and oxygen atoms in total. The van der Waals surface area contributed by atoms with Crippen molar-refractivity contribution in [3.63, 3.8) is 0 Å². The summed E-state index contributed by atoms with van der Waals surface area (Å²) < 4.78 is 0.789. The van der Waals surface area contributed by atoms with Gasteiger partial charge in [0.25, 0.3) is 5.91 Å². The molecule has 108 valence electrons. The highest BCUT2D eigenvalue weighted by atomic mass is 79.9. The topological polar surface area (TPSA) is 60.9 Å². The summed E-state index contributed by atoms with van der Waals surface area (Å²) >= 11 is 3.39. The van der Waals surface area contributed by atoms with Crippen LogP contribution >= 0.6 is 15.9 Å². The van der Waals surface area contributed by atoms with Crippen molar-refractivity contribution in [1.82, 2.24) is 9.80 Å². The number of hydrogen-bond donors (Lipinski definition) is 1. The molecule has 0 aromatic heterocycles. The minimum atomic E-state index is -0.824. The second-order valence-corrected chi connectivity index (χ2v) is 5.65. The number of aliphatic carboxylic acids is 1. The first kappa shape index (κ1) is 15.0. The van der Waals surface area contributed by atoms with E-state index in [1.165, 1.54) is 0 Å². The molecule has 1 aliphatic heterocycles. The third kappa shape index (κ3) is 3.80. The van der Waals surface area contributed by atoms with E-state index >= 15 is 0 Å². The highest BCUT2D eigenvalue weighted by Gasteiger charge is 2.22. The third-order valence-electron chi connectivity index (χ3n) is 3.34. The molecule has 0 atom stereocenters. The molecular formula is C14H17BrN2O3. The van der Waals surface area contributed by atoms with Crippen molar-refractivity contribution in [2.24, 2.45) is 0 Å². The van der Waals surface area contributed by atoms with Crippen LogP contribution in [0.1, 0.15) is 16.8 Å². The summed E-state index contributed by atoms with van der Waals surface area (Å²) in [7, 11) is 0. The zero-order chi connectivity index (χ0) is 14.5. The molecule has 1 amide bonds. The second-order valence-electron chi connectivity index (χ2n) is 4.80. The van der Waals surface area contributed by atoms with Crippen molar-refractivity contribution in [3.05, 3.63) is 34.3 Å². The lowest BCUT2D eigenvalue weighted by molar-refractivity contribution is -0.138. The first-order valence-electron chi connectivity index (χ1n) is 6.56. The Hall–Kier alpha value is -1.40. The van der Waals surface area contributed by atoms with E-state index in [1.54, 1.807) is 11.0 Å². The number of nitrogens with zero attached hydrogens (tertiary/aromatic N) is 2. The minimum absolute atomic E-state index is 0.00495. The first-order chi connectivity index (χ1) is 9.58. The number of benzene rings is 1. The van der Waals surface area contributed by atoms with E-state index in [0.29, 0.717) is 31.7 Å². The highest BCUT2D eigenvalue weighted by Crippen LogP contribution is 2.18. The predicted octanol–water partition coefficient (Wildman–Crippen LogP) is 1.68. The number of amides is 1. The van der Waals surface area contributed by atoms with Gasteiger partial charge in [0, 0.05) is 30.7 Å². The van der Waals surface area contributed by atoms with Crippen LogP contribution in [0.5, 0.6) is 0 Å². The van der Waals surface area contributed by atoms with Gasteiger partial charge in [0.05, 0.1) is 12.1 Å². The Bertz CT molecular complexity index is 507. The summed E-state index contributed by atoms with van der Waals surface area (Å²) in [5.74, 6) is -0.828. The van der Waals surface area contributed by atoms with Gasteiger partial charge in [0.1, 0.15) is 0 Å². The molecule has 1 aromatic rings. The van der Waals surface area contributed by atoms with Gasteiger partial charge in [-0.25, -0.2) is 0 Å². The maximum absolute atomic E-state index is 12.5. The number of carboxylic acid groups (broad SMARTS) is 1. The molecule has 0 spiro atoms. The predicted molar refractivity (Wildman–Crippen MR) is 78.7 cm³/mol. The van der Waals surface area contributed by atoms with Crippen LogP contribution in [0.25, 0.3) is 0 Å². The number of carbonyl (C=O) groups is 2. The molecule has 1 saturated heterocycles. The van der Waals surface area contributed by atoms with Crippen molar-refractivity contribution < 1.29 is 14.7 Å². The van der Waals surface area contributed by atoms with Crippen molar-refractivity contribution in [2.45, 2.75) is 6.42 Å². The van der Waals surface area contributed by atoms with Gasteiger partial charge in [-0.2, -0.15) is 0 Å². The summed E-state index contributed by atoms with van der Waals surface area (Å²) in [4.78, 5) is 26.9. The van der Waals surface area contributed by atoms with Gasteiger partial charge in [-0.15, -0.1) is 0 Å². The van der Waals surface area contributed by atoms with Gasteiger partial charge in [0.2, 0.25) is 0 Å². The summed E-state index contributed by atoms with van der Waals surface area (Å²) in [5, 5.41) is 8.82. The third-order valence-corrected chi connectivity index (χ3v) is 4.03. The zero-order valence-electron chi connectivity index (χ0n) is 11.1. The molecule has 1 heterocycles. The summed E-state index contributed by atoms with van der Waals surface area (Å²) in [6.45, 7) is 2.58. The Labute approximate surface area is 126 Å². The summed E-state index contributed by atoms with van der Waals surface area (Å²) in [6, 6.07) is 7.36. The summed E-state index contributed by atoms with van der Waals surface area (Å²) in [5.41, 5.74) is 0.652. The number of carbonyl (C=O) groups excluding carboxylic acids is 1. The van der Waals surface area contributed by atoms with Crippen molar-refractivity contribution in [3.8, 4) is 0 Å². The standard InChI is InChI=1S/C14H17BrN2O3/c15-12-5-2-1-4-11(12)14(20)17-7-3-6-16(8-9-17)10-13(18)19/h1-2,4-5H,3,6-10H2,(H,18,19). The van der Waals surface area contributed by atoms with Crippen LogP contribution in [0.15, 0.2) is 28.7 Å². The monoisotopic (exact) mass is 340 g/mol. The number of carboxylic acids is 1. The van der Waals surface area contributed by atoms with Gasteiger partial charge in [-0.1, -0.05) is 12.1 Å². The zero-order valence-corrected chi connectivity index (χ0v) is 12.7. The smallest absolute Gasteiger partial charge is 0.317 e. The van der Waals surface area contributed by atoms with Gasteiger partial charge < -0.3 is 10.0 Å². The van der Waals surface area contributed by atoms with Crippen molar-refractivity contribution >= 4 is 27.8 Å². The van der Waals surface area contributed by atoms with Crippen LogP contribution in [0, 0.1) is 0 Å². The fraction of sp³-hybridized carbons (Fsp3) is 0.429. The van der Waals surface area contributed by atoms with E-state index in [2.05, 4.69) is 15.9 Å². The van der Waals surface area contributed by atoms with Crippen LogP contribution in [0.4, 0.5) is 0 Å². The molecule has 1 aliphatic rings. The van der Waals surface area contributed by atoms with E-state index in [-0.39, 0.29) is 12.5 Å². The quantitative estimate of drug-likeness (QED) is 0.909. The summed E-state index contributed by atoms with van der Waals surface area (Å²) in [6.07, 6.45) is 0.795. The fourth-order valence-electron chi connectivity index (χ4n) is 2.33. The molecule has 0 aliphatic carbocycles.